The molecule has 0 saturated heterocycles. The van der Waals surface area contributed by atoms with Crippen molar-refractivity contribution in [3.05, 3.63) is 51.9 Å². The predicted octanol–water partition coefficient (Wildman–Crippen LogP) is 3.26. The number of carbonyl (C=O) groups is 1. The van der Waals surface area contributed by atoms with Crippen LogP contribution < -0.4 is 10.5 Å². The lowest BCUT2D eigenvalue weighted by molar-refractivity contribution is 0.0692. The number of carboxylic acids is 1. The Kier molecular flexibility index (Phi) is 5.16. The lowest BCUT2D eigenvalue weighted by atomic mass is 10.2. The van der Waals surface area contributed by atoms with E-state index in [2.05, 4.69) is 37.8 Å². The van der Waals surface area contributed by atoms with Crippen molar-refractivity contribution < 1.29 is 14.6 Å². The predicted molar refractivity (Wildman–Crippen MR) is 111 cm³/mol. The maximum atomic E-state index is 11.4. The fourth-order valence-electron chi connectivity index (χ4n) is 3.24. The average Bonchev–Trinajstić information content (AvgIpc) is 3.26. The molecule has 1 aliphatic rings. The molecule has 1 unspecified atom stereocenters. The molecule has 3 N–H and O–H groups in total. The number of nitrogens with two attached hydrogens (primary N) is 1. The van der Waals surface area contributed by atoms with Gasteiger partial charge < -0.3 is 20.1 Å². The number of hydrogen-bond acceptors (Lipinski definition) is 6. The molecule has 8 nitrogen and oxygen atoms in total. The smallest absolute Gasteiger partial charge is 0.339 e. The monoisotopic (exact) mass is 491 g/mol. The number of nitrogens with zero attached hydrogens (tertiary/aromatic N) is 4. The highest BCUT2D eigenvalue weighted by Crippen LogP contribution is 2.47. The Hall–Kier alpha value is -2.69. The number of carboxylic acid groups (broad SMARTS) is 1. The van der Waals surface area contributed by atoms with Crippen molar-refractivity contribution >= 4 is 34.4 Å². The van der Waals surface area contributed by atoms with Gasteiger partial charge in [0.2, 0.25) is 0 Å². The molecule has 2 heterocycles. The Morgan fingerprint density at radius 1 is 1.36 bits per heavy atom. The van der Waals surface area contributed by atoms with Crippen LogP contribution in [0.25, 0.3) is 11.5 Å². The maximum absolute atomic E-state index is 11.4. The van der Waals surface area contributed by atoms with E-state index in [9.17, 15) is 9.90 Å². The number of halogens is 1. The molecule has 2 atom stereocenters. The van der Waals surface area contributed by atoms with E-state index in [1.54, 1.807) is 24.5 Å². The number of ether oxygens (including phenoxy) is 1. The van der Waals surface area contributed by atoms with Gasteiger partial charge in [0, 0.05) is 9.61 Å². The van der Waals surface area contributed by atoms with E-state index in [0.29, 0.717) is 35.6 Å². The van der Waals surface area contributed by atoms with E-state index in [1.807, 2.05) is 22.8 Å². The third kappa shape index (κ3) is 3.93. The van der Waals surface area contributed by atoms with Gasteiger partial charge in [0.15, 0.2) is 5.82 Å². The first-order valence-corrected chi connectivity index (χ1v) is 9.89. The van der Waals surface area contributed by atoms with E-state index < -0.39 is 5.97 Å². The number of aromatic nitrogens is 4. The maximum Gasteiger partial charge on any atom is 0.339 e. The summed E-state index contributed by atoms with van der Waals surface area (Å²) < 4.78 is 8.64. The summed E-state index contributed by atoms with van der Waals surface area (Å²) in [6, 6.07) is 10.9. The number of hydrogen-bond donors (Lipinski definition) is 2. The Balaban J connectivity index is 1.38. The standard InChI is InChI=1S/C19H18IN5O3/c20-12-4-5-16(13(9-12)19(26)27)28-7-6-11-8-15(11)25-10-22-24-18(25)14-2-1-3-17(21)23-14/h1-5,9-11,15H,6-8H2,(H2,21,23)(H,26,27)/t11?,15-/m1/s1. The van der Waals surface area contributed by atoms with Crippen molar-refractivity contribution in [3.8, 4) is 17.3 Å². The van der Waals surface area contributed by atoms with Crippen LogP contribution in [-0.4, -0.2) is 37.4 Å². The molecular weight excluding hydrogens is 473 g/mol. The van der Waals surface area contributed by atoms with Gasteiger partial charge in [0.1, 0.15) is 29.2 Å². The van der Waals surface area contributed by atoms with Gasteiger partial charge in [-0.1, -0.05) is 6.07 Å². The molecule has 0 spiro atoms. The SMILES string of the molecule is Nc1cccc(-c2nncn2[C@@H]2CC2CCOc2ccc(I)cc2C(=O)O)n1. The van der Waals surface area contributed by atoms with Crippen LogP contribution in [0.4, 0.5) is 5.82 Å². The second-order valence-electron chi connectivity index (χ2n) is 6.66. The molecule has 0 amide bonds. The number of benzene rings is 1. The summed E-state index contributed by atoms with van der Waals surface area (Å²) in [7, 11) is 0. The third-order valence-corrected chi connectivity index (χ3v) is 5.40. The number of rotatable bonds is 7. The molecule has 0 radical (unpaired) electrons. The van der Waals surface area contributed by atoms with Gasteiger partial charge >= 0.3 is 5.97 Å². The summed E-state index contributed by atoms with van der Waals surface area (Å²) >= 11 is 2.09. The van der Waals surface area contributed by atoms with Gasteiger partial charge in [-0.25, -0.2) is 9.78 Å². The molecular formula is C19H18IN5O3. The Bertz CT molecular complexity index is 1020. The Morgan fingerprint density at radius 2 is 2.21 bits per heavy atom. The summed E-state index contributed by atoms with van der Waals surface area (Å²) in [6.07, 6.45) is 3.53. The number of nitrogen functional groups attached to an aromatic ring is 1. The highest BCUT2D eigenvalue weighted by molar-refractivity contribution is 14.1. The molecule has 3 aromatic rings. The summed E-state index contributed by atoms with van der Waals surface area (Å²) in [5, 5.41) is 17.5. The van der Waals surface area contributed by atoms with Crippen molar-refractivity contribution in [2.75, 3.05) is 12.3 Å². The minimum absolute atomic E-state index is 0.188. The molecule has 4 rings (SSSR count). The van der Waals surface area contributed by atoms with E-state index in [0.717, 1.165) is 16.4 Å². The fraction of sp³-hybridized carbons (Fsp3) is 0.263. The Labute approximate surface area is 174 Å². The molecule has 1 fully saturated rings. The van der Waals surface area contributed by atoms with Crippen LogP contribution >= 0.6 is 22.6 Å². The lowest BCUT2D eigenvalue weighted by Gasteiger charge is -2.10. The first-order chi connectivity index (χ1) is 13.5. The van der Waals surface area contributed by atoms with Crippen molar-refractivity contribution in [2.24, 2.45) is 5.92 Å². The number of anilines is 1. The minimum atomic E-state index is -0.985. The van der Waals surface area contributed by atoms with Crippen LogP contribution in [0.2, 0.25) is 0 Å². The van der Waals surface area contributed by atoms with Crippen LogP contribution in [-0.2, 0) is 0 Å². The normalized spacial score (nSPS) is 18.0. The molecule has 1 saturated carbocycles. The largest absolute Gasteiger partial charge is 0.493 e. The molecule has 9 heteroatoms. The van der Waals surface area contributed by atoms with E-state index in [1.165, 1.54) is 0 Å². The summed E-state index contributed by atoms with van der Waals surface area (Å²) in [5.41, 5.74) is 6.66. The van der Waals surface area contributed by atoms with Crippen molar-refractivity contribution in [1.29, 1.82) is 0 Å². The van der Waals surface area contributed by atoms with Crippen molar-refractivity contribution in [3.63, 3.8) is 0 Å². The van der Waals surface area contributed by atoms with E-state index in [4.69, 9.17) is 10.5 Å². The van der Waals surface area contributed by atoms with Gasteiger partial charge in [-0.05, 0) is 71.7 Å². The van der Waals surface area contributed by atoms with Crippen LogP contribution in [0.5, 0.6) is 5.75 Å². The van der Waals surface area contributed by atoms with Gasteiger partial charge in [-0.2, -0.15) is 0 Å². The fourth-order valence-corrected chi connectivity index (χ4v) is 3.73. The molecule has 1 aliphatic carbocycles. The third-order valence-electron chi connectivity index (χ3n) is 4.73. The molecule has 1 aromatic carbocycles. The van der Waals surface area contributed by atoms with E-state index >= 15 is 0 Å². The lowest BCUT2D eigenvalue weighted by Crippen LogP contribution is -2.06. The highest BCUT2D eigenvalue weighted by atomic mass is 127. The molecule has 0 aliphatic heterocycles. The van der Waals surface area contributed by atoms with Gasteiger partial charge in [0.05, 0.1) is 6.61 Å². The van der Waals surface area contributed by atoms with Gasteiger partial charge in [0.25, 0.3) is 0 Å². The van der Waals surface area contributed by atoms with Crippen molar-refractivity contribution in [2.45, 2.75) is 18.9 Å². The first kappa shape index (κ1) is 18.7. The number of pyridine rings is 1. The zero-order valence-electron chi connectivity index (χ0n) is 14.8. The number of aromatic carboxylic acids is 1. The first-order valence-electron chi connectivity index (χ1n) is 8.81. The quantitative estimate of drug-likeness (QED) is 0.488. The van der Waals surface area contributed by atoms with E-state index in [-0.39, 0.29) is 11.6 Å². The minimum Gasteiger partial charge on any atom is -0.493 e. The Morgan fingerprint density at radius 3 is 3.00 bits per heavy atom. The van der Waals surface area contributed by atoms with Crippen LogP contribution in [0.1, 0.15) is 29.2 Å². The molecule has 2 aromatic heterocycles. The zero-order valence-corrected chi connectivity index (χ0v) is 17.0. The van der Waals surface area contributed by atoms with Crippen LogP contribution in [0, 0.1) is 9.49 Å². The second kappa shape index (κ2) is 7.74. The molecule has 28 heavy (non-hydrogen) atoms. The summed E-state index contributed by atoms with van der Waals surface area (Å²) in [6.45, 7) is 0.454. The highest BCUT2D eigenvalue weighted by Gasteiger charge is 2.40. The summed E-state index contributed by atoms with van der Waals surface area (Å²) in [5.74, 6) is 0.986. The van der Waals surface area contributed by atoms with Crippen LogP contribution in [0.3, 0.4) is 0 Å². The van der Waals surface area contributed by atoms with Crippen molar-refractivity contribution in [1.82, 2.24) is 19.7 Å². The van der Waals surface area contributed by atoms with Crippen LogP contribution in [0.15, 0.2) is 42.7 Å². The average molecular weight is 491 g/mol. The topological polar surface area (TPSA) is 116 Å². The summed E-state index contributed by atoms with van der Waals surface area (Å²) in [4.78, 5) is 15.7. The van der Waals surface area contributed by atoms with Gasteiger partial charge in [-0.15, -0.1) is 10.2 Å². The molecule has 144 valence electrons. The zero-order chi connectivity index (χ0) is 19.7. The second-order valence-corrected chi connectivity index (χ2v) is 7.90. The molecule has 0 bridgehead atoms. The van der Waals surface area contributed by atoms with Gasteiger partial charge in [-0.3, -0.25) is 0 Å².